The van der Waals surface area contributed by atoms with Crippen LogP contribution in [0.1, 0.15) is 39.2 Å². The normalized spacial score (nSPS) is 19.0. The lowest BCUT2D eigenvalue weighted by Gasteiger charge is -2.27. The van der Waals surface area contributed by atoms with E-state index in [0.29, 0.717) is 6.54 Å². The fourth-order valence-electron chi connectivity index (χ4n) is 2.40. The van der Waals surface area contributed by atoms with E-state index in [9.17, 15) is 13.6 Å². The molecule has 1 aromatic rings. The van der Waals surface area contributed by atoms with Gasteiger partial charge >= 0.3 is 6.09 Å². The van der Waals surface area contributed by atoms with Gasteiger partial charge in [0.25, 0.3) is 0 Å². The van der Waals surface area contributed by atoms with Crippen LogP contribution in [0.25, 0.3) is 6.08 Å². The molecule has 0 aliphatic carbocycles. The Bertz CT molecular complexity index is 579. The lowest BCUT2D eigenvalue weighted by Crippen LogP contribution is -2.39. The molecule has 120 valence electrons. The van der Waals surface area contributed by atoms with Crippen LogP contribution in [0, 0.1) is 11.6 Å². The molecule has 1 saturated heterocycles. The van der Waals surface area contributed by atoms with Crippen LogP contribution in [0.3, 0.4) is 0 Å². The van der Waals surface area contributed by atoms with E-state index in [1.54, 1.807) is 11.0 Å². The number of nitrogens with zero attached hydrogens (tertiary/aromatic N) is 1. The third-order valence-electron chi connectivity index (χ3n) is 3.41. The number of rotatable bonds is 2. The van der Waals surface area contributed by atoms with Crippen LogP contribution >= 0.6 is 0 Å². The highest BCUT2D eigenvalue weighted by molar-refractivity contribution is 5.69. The van der Waals surface area contributed by atoms with E-state index >= 15 is 0 Å². The monoisotopic (exact) mass is 309 g/mol. The van der Waals surface area contributed by atoms with Gasteiger partial charge in [0, 0.05) is 12.1 Å². The van der Waals surface area contributed by atoms with E-state index in [4.69, 9.17) is 4.74 Å². The first-order chi connectivity index (χ1) is 10.3. The Morgan fingerprint density at radius 2 is 2.09 bits per heavy atom. The molecule has 1 unspecified atom stereocenters. The van der Waals surface area contributed by atoms with Gasteiger partial charge < -0.3 is 9.64 Å². The van der Waals surface area contributed by atoms with Crippen molar-refractivity contribution in [3.63, 3.8) is 0 Å². The molecule has 1 aliphatic heterocycles. The van der Waals surface area contributed by atoms with Crippen molar-refractivity contribution in [1.29, 1.82) is 0 Å². The first-order valence-corrected chi connectivity index (χ1v) is 7.40. The number of ether oxygens (including phenoxy) is 1. The predicted octanol–water partition coefficient (Wildman–Crippen LogP) is 4.38. The first kappa shape index (κ1) is 16.5. The number of carbonyl (C=O) groups excluding carboxylic acids is 1. The van der Waals surface area contributed by atoms with Crippen molar-refractivity contribution < 1.29 is 18.3 Å². The van der Waals surface area contributed by atoms with Crippen molar-refractivity contribution in [2.24, 2.45) is 0 Å². The molecule has 1 aliphatic rings. The molecule has 0 bridgehead atoms. The molecular formula is C17H21F2NO2. The van der Waals surface area contributed by atoms with E-state index in [1.807, 2.05) is 20.8 Å². The molecule has 1 fully saturated rings. The van der Waals surface area contributed by atoms with Crippen molar-refractivity contribution in [1.82, 2.24) is 4.90 Å². The van der Waals surface area contributed by atoms with Gasteiger partial charge in [-0.05, 0) is 39.7 Å². The van der Waals surface area contributed by atoms with Crippen molar-refractivity contribution >= 4 is 12.2 Å². The zero-order valence-electron chi connectivity index (χ0n) is 13.1. The fraction of sp³-hybridized carbons (Fsp3) is 0.471. The maximum absolute atomic E-state index is 13.6. The summed E-state index contributed by atoms with van der Waals surface area (Å²) >= 11 is 0. The third kappa shape index (κ3) is 4.06. The highest BCUT2D eigenvalue weighted by Crippen LogP contribution is 2.23. The van der Waals surface area contributed by atoms with E-state index < -0.39 is 17.2 Å². The van der Waals surface area contributed by atoms with Gasteiger partial charge in [0.05, 0.1) is 6.04 Å². The van der Waals surface area contributed by atoms with Crippen LogP contribution in [-0.4, -0.2) is 29.2 Å². The lowest BCUT2D eigenvalue weighted by molar-refractivity contribution is 0.0256. The molecule has 0 radical (unpaired) electrons. The van der Waals surface area contributed by atoms with Gasteiger partial charge in [-0.25, -0.2) is 13.6 Å². The molecule has 1 atom stereocenters. The van der Waals surface area contributed by atoms with E-state index in [1.165, 1.54) is 18.2 Å². The SMILES string of the molecule is CC(C)(C)OC(=O)N1CCCC1/C=C/c1cccc(F)c1F. The Morgan fingerprint density at radius 3 is 2.77 bits per heavy atom. The standard InChI is InChI=1S/C17H21F2NO2/c1-17(2,3)22-16(21)20-11-5-7-13(20)10-9-12-6-4-8-14(18)15(12)19/h4,6,8-10,13H,5,7,11H2,1-3H3/b10-9+. The molecule has 3 nitrogen and oxygen atoms in total. The molecule has 22 heavy (non-hydrogen) atoms. The zero-order valence-corrected chi connectivity index (χ0v) is 13.1. The topological polar surface area (TPSA) is 29.5 Å². The average molecular weight is 309 g/mol. The maximum atomic E-state index is 13.6. The third-order valence-corrected chi connectivity index (χ3v) is 3.41. The minimum atomic E-state index is -0.877. The van der Waals surface area contributed by atoms with E-state index in [2.05, 4.69) is 0 Å². The van der Waals surface area contributed by atoms with Crippen LogP contribution in [0.4, 0.5) is 13.6 Å². The Balaban J connectivity index is 2.09. The molecule has 1 amide bonds. The molecule has 0 aromatic heterocycles. The number of carbonyl (C=O) groups is 1. The molecule has 0 saturated carbocycles. The zero-order chi connectivity index (χ0) is 16.3. The smallest absolute Gasteiger partial charge is 0.410 e. The minimum absolute atomic E-state index is 0.155. The van der Waals surface area contributed by atoms with Gasteiger partial charge in [0.15, 0.2) is 11.6 Å². The maximum Gasteiger partial charge on any atom is 0.410 e. The summed E-state index contributed by atoms with van der Waals surface area (Å²) in [5, 5.41) is 0. The summed E-state index contributed by atoms with van der Waals surface area (Å²) in [5.74, 6) is -1.75. The summed E-state index contributed by atoms with van der Waals surface area (Å²) in [5.41, 5.74) is -0.376. The van der Waals surface area contributed by atoms with Crippen molar-refractivity contribution in [3.8, 4) is 0 Å². The average Bonchev–Trinajstić information content (AvgIpc) is 2.87. The molecular weight excluding hydrogens is 288 g/mol. The van der Waals surface area contributed by atoms with Crippen LogP contribution < -0.4 is 0 Å². The van der Waals surface area contributed by atoms with Crippen molar-refractivity contribution in [2.45, 2.75) is 45.3 Å². The van der Waals surface area contributed by atoms with E-state index in [-0.39, 0.29) is 17.7 Å². The summed E-state index contributed by atoms with van der Waals surface area (Å²) in [6.45, 7) is 6.05. The largest absolute Gasteiger partial charge is 0.444 e. The van der Waals surface area contributed by atoms with Gasteiger partial charge in [-0.3, -0.25) is 0 Å². The van der Waals surface area contributed by atoms with Gasteiger partial charge in [-0.1, -0.05) is 24.3 Å². The molecule has 2 rings (SSSR count). The van der Waals surface area contributed by atoms with E-state index in [0.717, 1.165) is 18.9 Å². The second-order valence-corrected chi connectivity index (χ2v) is 6.39. The Kier molecular flexibility index (Phi) is 4.84. The highest BCUT2D eigenvalue weighted by atomic mass is 19.2. The quantitative estimate of drug-likeness (QED) is 0.811. The number of halogens is 2. The molecule has 1 heterocycles. The number of hydrogen-bond acceptors (Lipinski definition) is 2. The summed E-state index contributed by atoms with van der Waals surface area (Å²) in [6, 6.07) is 3.88. The molecule has 5 heteroatoms. The Morgan fingerprint density at radius 1 is 1.36 bits per heavy atom. The Labute approximate surface area is 129 Å². The first-order valence-electron chi connectivity index (χ1n) is 7.40. The predicted molar refractivity (Wildman–Crippen MR) is 81.4 cm³/mol. The van der Waals surface area contributed by atoms with Crippen molar-refractivity contribution in [2.75, 3.05) is 6.54 Å². The van der Waals surface area contributed by atoms with Crippen LogP contribution in [-0.2, 0) is 4.74 Å². The lowest BCUT2D eigenvalue weighted by atomic mass is 10.1. The Hall–Kier alpha value is -1.91. The van der Waals surface area contributed by atoms with Gasteiger partial charge in [0.1, 0.15) is 5.60 Å². The molecule has 1 aromatic carbocycles. The summed E-state index contributed by atoms with van der Waals surface area (Å²) in [7, 11) is 0. The number of amides is 1. The number of likely N-dealkylation sites (tertiary alicyclic amines) is 1. The van der Waals surface area contributed by atoms with Gasteiger partial charge in [-0.2, -0.15) is 0 Å². The highest BCUT2D eigenvalue weighted by Gasteiger charge is 2.30. The molecule has 0 N–H and O–H groups in total. The van der Waals surface area contributed by atoms with Gasteiger partial charge in [0.2, 0.25) is 0 Å². The van der Waals surface area contributed by atoms with Gasteiger partial charge in [-0.15, -0.1) is 0 Å². The van der Waals surface area contributed by atoms with Crippen LogP contribution in [0.5, 0.6) is 0 Å². The van der Waals surface area contributed by atoms with Crippen LogP contribution in [0.15, 0.2) is 24.3 Å². The fourth-order valence-corrected chi connectivity index (χ4v) is 2.40. The van der Waals surface area contributed by atoms with Crippen LogP contribution in [0.2, 0.25) is 0 Å². The summed E-state index contributed by atoms with van der Waals surface area (Å²) in [6.07, 6.45) is 4.52. The second kappa shape index (κ2) is 6.46. The summed E-state index contributed by atoms with van der Waals surface area (Å²) < 4.78 is 32.2. The summed E-state index contributed by atoms with van der Waals surface area (Å²) in [4.78, 5) is 13.8. The number of benzene rings is 1. The number of hydrogen-bond donors (Lipinski definition) is 0. The van der Waals surface area contributed by atoms with Crippen molar-refractivity contribution in [3.05, 3.63) is 41.5 Å². The molecule has 0 spiro atoms. The minimum Gasteiger partial charge on any atom is -0.444 e. The second-order valence-electron chi connectivity index (χ2n) is 6.39.